The van der Waals surface area contributed by atoms with E-state index in [1.807, 2.05) is 4.90 Å². The zero-order chi connectivity index (χ0) is 13.8. The van der Waals surface area contributed by atoms with Crippen molar-refractivity contribution in [2.24, 2.45) is 0 Å². The molecule has 0 unspecified atom stereocenters. The molecule has 1 aromatic rings. The van der Waals surface area contributed by atoms with Gasteiger partial charge >= 0.3 is 0 Å². The summed E-state index contributed by atoms with van der Waals surface area (Å²) in [5, 5.41) is 0. The van der Waals surface area contributed by atoms with E-state index >= 15 is 0 Å². The zero-order valence-electron chi connectivity index (χ0n) is 10.5. The van der Waals surface area contributed by atoms with E-state index in [0.717, 1.165) is 25.7 Å². The Hall–Kier alpha value is -0.610. The summed E-state index contributed by atoms with van der Waals surface area (Å²) in [7, 11) is 0. The molecule has 0 radical (unpaired) electrons. The number of hydrogen-bond donors (Lipinski definition) is 0. The van der Waals surface area contributed by atoms with Gasteiger partial charge in [-0.25, -0.2) is 4.39 Å². The molecule has 1 fully saturated rings. The Balaban J connectivity index is 2.15. The molecule has 2 rings (SSSR count). The molecule has 0 atom stereocenters. The van der Waals surface area contributed by atoms with Gasteiger partial charge in [-0.15, -0.1) is 11.6 Å². The van der Waals surface area contributed by atoms with Crippen LogP contribution in [0.25, 0.3) is 0 Å². The van der Waals surface area contributed by atoms with Gasteiger partial charge in [0.25, 0.3) is 5.91 Å². The van der Waals surface area contributed by atoms with Crippen molar-refractivity contribution in [3.05, 3.63) is 34.1 Å². The Morgan fingerprint density at radius 1 is 1.47 bits per heavy atom. The molecule has 1 aliphatic carbocycles. The summed E-state index contributed by atoms with van der Waals surface area (Å²) in [6.45, 7) is 0.644. The largest absolute Gasteiger partial charge is 0.336 e. The summed E-state index contributed by atoms with van der Waals surface area (Å²) in [5.74, 6) is 0.0311. The van der Waals surface area contributed by atoms with Crippen LogP contribution in [0.5, 0.6) is 0 Å². The van der Waals surface area contributed by atoms with Crippen LogP contribution < -0.4 is 0 Å². The molecule has 1 aromatic carbocycles. The van der Waals surface area contributed by atoms with Crippen molar-refractivity contribution in [3.8, 4) is 0 Å². The highest BCUT2D eigenvalue weighted by Crippen LogP contribution is 2.27. The summed E-state index contributed by atoms with van der Waals surface area (Å²) < 4.78 is 13.9. The van der Waals surface area contributed by atoms with Gasteiger partial charge < -0.3 is 4.90 Å². The molecule has 1 aliphatic rings. The molecular weight excluding hydrogens is 333 g/mol. The topological polar surface area (TPSA) is 20.3 Å². The van der Waals surface area contributed by atoms with Gasteiger partial charge in [-0.2, -0.15) is 0 Å². The molecule has 0 spiro atoms. The van der Waals surface area contributed by atoms with Crippen LogP contribution in [-0.2, 0) is 0 Å². The van der Waals surface area contributed by atoms with Gasteiger partial charge in [-0.1, -0.05) is 0 Å². The Kier molecular flexibility index (Phi) is 5.22. The molecule has 104 valence electrons. The van der Waals surface area contributed by atoms with Crippen LogP contribution in [0, 0.1) is 5.82 Å². The molecule has 1 amide bonds. The Morgan fingerprint density at radius 2 is 2.21 bits per heavy atom. The second kappa shape index (κ2) is 6.71. The number of hydrogen-bond acceptors (Lipinski definition) is 1. The summed E-state index contributed by atoms with van der Waals surface area (Å²) >= 11 is 8.80. The highest BCUT2D eigenvalue weighted by molar-refractivity contribution is 9.10. The van der Waals surface area contributed by atoms with Gasteiger partial charge in [0.15, 0.2) is 0 Å². The van der Waals surface area contributed by atoms with E-state index in [2.05, 4.69) is 15.9 Å². The van der Waals surface area contributed by atoms with Crippen molar-refractivity contribution < 1.29 is 9.18 Å². The van der Waals surface area contributed by atoms with Crippen molar-refractivity contribution in [2.75, 3.05) is 12.4 Å². The molecule has 0 saturated heterocycles. The summed E-state index contributed by atoms with van der Waals surface area (Å²) in [6.07, 6.45) is 3.99. The summed E-state index contributed by atoms with van der Waals surface area (Å²) in [6, 6.07) is 4.81. The summed E-state index contributed by atoms with van der Waals surface area (Å²) in [5.41, 5.74) is 0.405. The van der Waals surface area contributed by atoms with Crippen molar-refractivity contribution in [1.82, 2.24) is 4.90 Å². The number of benzene rings is 1. The van der Waals surface area contributed by atoms with Crippen LogP contribution >= 0.6 is 27.5 Å². The minimum atomic E-state index is -0.406. The predicted octanol–water partition coefficient (Wildman–Crippen LogP) is 4.21. The molecular formula is C14H16BrClFNO. The minimum absolute atomic E-state index is 0.0961. The van der Waals surface area contributed by atoms with E-state index in [0.29, 0.717) is 28.5 Å². The lowest BCUT2D eigenvalue weighted by atomic mass is 9.91. The van der Waals surface area contributed by atoms with Gasteiger partial charge in [0.2, 0.25) is 0 Å². The van der Waals surface area contributed by atoms with Crippen LogP contribution in [0.4, 0.5) is 4.39 Å². The molecule has 19 heavy (non-hydrogen) atoms. The van der Waals surface area contributed by atoms with E-state index in [1.54, 1.807) is 12.1 Å². The number of rotatable bonds is 5. The second-order valence-electron chi connectivity index (χ2n) is 4.75. The predicted molar refractivity (Wildman–Crippen MR) is 78.1 cm³/mol. The fraction of sp³-hybridized carbons (Fsp3) is 0.500. The highest BCUT2D eigenvalue weighted by atomic mass is 79.9. The number of carbonyl (C=O) groups is 1. The molecule has 0 N–H and O–H groups in total. The standard InChI is InChI=1S/C14H16BrClFNO/c15-12-6-5-10(9-13(12)17)14(19)18(8-2-7-16)11-3-1-4-11/h5-6,9,11H,1-4,7-8H2. The van der Waals surface area contributed by atoms with E-state index < -0.39 is 5.82 Å². The fourth-order valence-electron chi connectivity index (χ4n) is 2.17. The average molecular weight is 349 g/mol. The maximum atomic E-state index is 13.5. The first-order valence-corrected chi connectivity index (χ1v) is 7.78. The number of halogens is 3. The number of nitrogens with zero attached hydrogens (tertiary/aromatic N) is 1. The van der Waals surface area contributed by atoms with Crippen molar-refractivity contribution in [3.63, 3.8) is 0 Å². The maximum Gasteiger partial charge on any atom is 0.254 e. The summed E-state index contributed by atoms with van der Waals surface area (Å²) in [4.78, 5) is 14.3. The van der Waals surface area contributed by atoms with Crippen molar-refractivity contribution >= 4 is 33.4 Å². The molecule has 0 aromatic heterocycles. The number of carbonyl (C=O) groups excluding carboxylic acids is 1. The number of amides is 1. The van der Waals surface area contributed by atoms with Crippen LogP contribution in [-0.4, -0.2) is 29.3 Å². The molecule has 2 nitrogen and oxygen atoms in total. The first kappa shape index (κ1) is 14.8. The Bertz CT molecular complexity index is 465. The van der Waals surface area contributed by atoms with E-state index in [4.69, 9.17) is 11.6 Å². The fourth-order valence-corrected chi connectivity index (χ4v) is 2.54. The van der Waals surface area contributed by atoms with E-state index in [1.165, 1.54) is 6.07 Å². The van der Waals surface area contributed by atoms with Gasteiger partial charge in [0.1, 0.15) is 5.82 Å². The SMILES string of the molecule is O=C(c1ccc(Br)c(F)c1)N(CCCCl)C1CCC1. The monoisotopic (exact) mass is 347 g/mol. The molecule has 0 heterocycles. The van der Waals surface area contributed by atoms with Crippen LogP contribution in [0.2, 0.25) is 0 Å². The maximum absolute atomic E-state index is 13.5. The lowest BCUT2D eigenvalue weighted by molar-refractivity contribution is 0.0580. The van der Waals surface area contributed by atoms with Gasteiger partial charge in [-0.05, 0) is 59.8 Å². The normalized spacial score (nSPS) is 15.1. The third-order valence-corrected chi connectivity index (χ3v) is 4.39. The quantitative estimate of drug-likeness (QED) is 0.730. The molecule has 5 heteroatoms. The third kappa shape index (κ3) is 3.48. The van der Waals surface area contributed by atoms with E-state index in [-0.39, 0.29) is 5.91 Å². The van der Waals surface area contributed by atoms with E-state index in [9.17, 15) is 9.18 Å². The van der Waals surface area contributed by atoms with Crippen molar-refractivity contribution in [1.29, 1.82) is 0 Å². The lowest BCUT2D eigenvalue weighted by Crippen LogP contribution is -2.44. The minimum Gasteiger partial charge on any atom is -0.336 e. The van der Waals surface area contributed by atoms with Crippen LogP contribution in [0.1, 0.15) is 36.0 Å². The molecule has 1 saturated carbocycles. The second-order valence-corrected chi connectivity index (χ2v) is 5.99. The smallest absolute Gasteiger partial charge is 0.254 e. The zero-order valence-corrected chi connectivity index (χ0v) is 12.9. The molecule has 0 aliphatic heterocycles. The lowest BCUT2D eigenvalue weighted by Gasteiger charge is -2.37. The molecule has 0 bridgehead atoms. The average Bonchev–Trinajstić information content (AvgIpc) is 2.34. The van der Waals surface area contributed by atoms with Crippen LogP contribution in [0.3, 0.4) is 0 Å². The van der Waals surface area contributed by atoms with Crippen LogP contribution in [0.15, 0.2) is 22.7 Å². The Morgan fingerprint density at radius 3 is 2.74 bits per heavy atom. The first-order valence-electron chi connectivity index (χ1n) is 6.45. The first-order chi connectivity index (χ1) is 9.13. The Labute approximate surface area is 126 Å². The van der Waals surface area contributed by atoms with Crippen molar-refractivity contribution in [2.45, 2.75) is 31.7 Å². The number of alkyl halides is 1. The third-order valence-electron chi connectivity index (χ3n) is 3.48. The van der Waals surface area contributed by atoms with Gasteiger partial charge in [-0.3, -0.25) is 4.79 Å². The van der Waals surface area contributed by atoms with Gasteiger partial charge in [0, 0.05) is 24.0 Å². The van der Waals surface area contributed by atoms with Gasteiger partial charge in [0.05, 0.1) is 4.47 Å². The highest BCUT2D eigenvalue weighted by Gasteiger charge is 2.29.